The second-order valence-electron chi connectivity index (χ2n) is 7.50. The summed E-state index contributed by atoms with van der Waals surface area (Å²) < 4.78 is 28.4. The van der Waals surface area contributed by atoms with Crippen LogP contribution in [0.25, 0.3) is 11.0 Å². The first-order valence-electron chi connectivity index (χ1n) is 9.68. The number of benzene rings is 2. The molecule has 3 aromatic rings. The summed E-state index contributed by atoms with van der Waals surface area (Å²) in [5.74, 6) is 0.415. The maximum absolute atomic E-state index is 13.2. The SMILES string of the molecule is CC1CCN(C(=O)Cn2c(=O)n(S(=O)(=O)c3ccccc3)c3ccccc32)CC1. The van der Waals surface area contributed by atoms with Gasteiger partial charge in [-0.3, -0.25) is 9.36 Å². The average molecular weight is 413 g/mol. The lowest BCUT2D eigenvalue weighted by Crippen LogP contribution is -2.41. The van der Waals surface area contributed by atoms with E-state index in [4.69, 9.17) is 0 Å². The summed E-state index contributed by atoms with van der Waals surface area (Å²) in [4.78, 5) is 27.7. The summed E-state index contributed by atoms with van der Waals surface area (Å²) >= 11 is 0. The number of imidazole rings is 1. The Morgan fingerprint density at radius 3 is 2.21 bits per heavy atom. The molecule has 0 saturated carbocycles. The quantitative estimate of drug-likeness (QED) is 0.657. The summed E-state index contributed by atoms with van der Waals surface area (Å²) in [6.45, 7) is 3.31. The smallest absolute Gasteiger partial charge is 0.341 e. The fourth-order valence-electron chi connectivity index (χ4n) is 3.76. The van der Waals surface area contributed by atoms with Crippen molar-refractivity contribution < 1.29 is 13.2 Å². The number of hydrogen-bond acceptors (Lipinski definition) is 4. The van der Waals surface area contributed by atoms with Crippen LogP contribution < -0.4 is 5.69 Å². The minimum absolute atomic E-state index is 0.0290. The van der Waals surface area contributed by atoms with Gasteiger partial charge in [0.05, 0.1) is 15.9 Å². The molecular formula is C21H23N3O4S. The van der Waals surface area contributed by atoms with E-state index in [2.05, 4.69) is 6.92 Å². The van der Waals surface area contributed by atoms with Crippen LogP contribution in [0.1, 0.15) is 19.8 Å². The number of amides is 1. The lowest BCUT2D eigenvalue weighted by Gasteiger charge is -2.30. The highest BCUT2D eigenvalue weighted by molar-refractivity contribution is 7.90. The number of likely N-dealkylation sites (tertiary alicyclic amines) is 1. The van der Waals surface area contributed by atoms with Gasteiger partial charge in [0, 0.05) is 13.1 Å². The summed E-state index contributed by atoms with van der Waals surface area (Å²) in [6, 6.07) is 14.5. The largest absolute Gasteiger partial charge is 0.343 e. The third-order valence-electron chi connectivity index (χ3n) is 5.51. The Morgan fingerprint density at radius 2 is 1.55 bits per heavy atom. The van der Waals surface area contributed by atoms with Crippen molar-refractivity contribution in [1.29, 1.82) is 0 Å². The summed E-state index contributed by atoms with van der Waals surface area (Å²) in [5.41, 5.74) is -0.0362. The first kappa shape index (κ1) is 19.4. The molecule has 1 aliphatic heterocycles. The van der Waals surface area contributed by atoms with Crippen LogP contribution in [-0.4, -0.2) is 40.9 Å². The van der Waals surface area contributed by atoms with Gasteiger partial charge in [-0.15, -0.1) is 0 Å². The van der Waals surface area contributed by atoms with Gasteiger partial charge in [0.2, 0.25) is 5.91 Å². The van der Waals surface area contributed by atoms with Gasteiger partial charge in [0.15, 0.2) is 0 Å². The molecule has 0 bridgehead atoms. The van der Waals surface area contributed by atoms with Crippen LogP contribution in [0.3, 0.4) is 0 Å². The van der Waals surface area contributed by atoms with E-state index in [0.717, 1.165) is 16.8 Å². The number of carbonyl (C=O) groups excluding carboxylic acids is 1. The van der Waals surface area contributed by atoms with Crippen LogP contribution in [0.2, 0.25) is 0 Å². The van der Waals surface area contributed by atoms with Crippen LogP contribution in [0.5, 0.6) is 0 Å². The molecule has 1 amide bonds. The molecule has 152 valence electrons. The highest BCUT2D eigenvalue weighted by Crippen LogP contribution is 2.21. The monoisotopic (exact) mass is 413 g/mol. The highest BCUT2D eigenvalue weighted by Gasteiger charge is 2.27. The van der Waals surface area contributed by atoms with Gasteiger partial charge >= 0.3 is 5.69 Å². The zero-order valence-electron chi connectivity index (χ0n) is 16.2. The Hall–Kier alpha value is -2.87. The molecular weight excluding hydrogens is 390 g/mol. The molecule has 7 nitrogen and oxygen atoms in total. The fourth-order valence-corrected chi connectivity index (χ4v) is 5.19. The van der Waals surface area contributed by atoms with Crippen molar-refractivity contribution in [2.24, 2.45) is 5.92 Å². The molecule has 1 aromatic heterocycles. The number of fused-ring (bicyclic) bond motifs is 1. The summed E-state index contributed by atoms with van der Waals surface area (Å²) in [5, 5.41) is 0. The second kappa shape index (κ2) is 7.51. The van der Waals surface area contributed by atoms with Gasteiger partial charge in [-0.25, -0.2) is 13.2 Å². The standard InChI is InChI=1S/C21H23N3O4S/c1-16-11-13-22(14-12-16)20(25)15-23-18-9-5-6-10-19(18)24(21(23)26)29(27,28)17-7-3-2-4-8-17/h2-10,16H,11-15H2,1H3. The number of aromatic nitrogens is 2. The minimum Gasteiger partial charge on any atom is -0.341 e. The average Bonchev–Trinajstić information content (AvgIpc) is 3.01. The zero-order valence-corrected chi connectivity index (χ0v) is 17.0. The van der Waals surface area contributed by atoms with Gasteiger partial charge in [-0.05, 0) is 43.0 Å². The molecule has 1 fully saturated rings. The molecule has 0 atom stereocenters. The first-order valence-corrected chi connectivity index (χ1v) is 11.1. The number of carbonyl (C=O) groups is 1. The van der Waals surface area contributed by atoms with Gasteiger partial charge in [0.25, 0.3) is 10.0 Å². The molecule has 29 heavy (non-hydrogen) atoms. The van der Waals surface area contributed by atoms with E-state index in [9.17, 15) is 18.0 Å². The predicted octanol–water partition coefficient (Wildman–Crippen LogP) is 2.30. The summed E-state index contributed by atoms with van der Waals surface area (Å²) in [6.07, 6.45) is 1.87. The normalized spacial score (nSPS) is 15.7. The van der Waals surface area contributed by atoms with E-state index in [-0.39, 0.29) is 22.9 Å². The van der Waals surface area contributed by atoms with Crippen molar-refractivity contribution in [3.05, 3.63) is 65.1 Å². The number of hydrogen-bond donors (Lipinski definition) is 0. The Kier molecular flexibility index (Phi) is 5.04. The van der Waals surface area contributed by atoms with Crippen LogP contribution in [-0.2, 0) is 21.4 Å². The van der Waals surface area contributed by atoms with Crippen molar-refractivity contribution in [2.75, 3.05) is 13.1 Å². The van der Waals surface area contributed by atoms with E-state index in [1.165, 1.54) is 16.7 Å². The third kappa shape index (κ3) is 3.48. The minimum atomic E-state index is -4.08. The maximum Gasteiger partial charge on any atom is 0.343 e. The van der Waals surface area contributed by atoms with Crippen molar-refractivity contribution >= 4 is 27.0 Å². The Balaban J connectivity index is 1.78. The number of nitrogens with zero attached hydrogens (tertiary/aromatic N) is 3. The topological polar surface area (TPSA) is 81.4 Å². The highest BCUT2D eigenvalue weighted by atomic mass is 32.2. The number of para-hydroxylation sites is 2. The predicted molar refractivity (Wildman–Crippen MR) is 110 cm³/mol. The summed E-state index contributed by atoms with van der Waals surface area (Å²) in [7, 11) is -4.08. The molecule has 0 N–H and O–H groups in total. The molecule has 0 spiro atoms. The van der Waals surface area contributed by atoms with Gasteiger partial charge in [-0.2, -0.15) is 3.97 Å². The molecule has 8 heteroatoms. The maximum atomic E-state index is 13.2. The van der Waals surface area contributed by atoms with Gasteiger partial charge in [-0.1, -0.05) is 37.3 Å². The van der Waals surface area contributed by atoms with E-state index in [0.29, 0.717) is 24.5 Å². The van der Waals surface area contributed by atoms with E-state index in [1.807, 2.05) is 0 Å². The van der Waals surface area contributed by atoms with Crippen molar-refractivity contribution in [1.82, 2.24) is 13.4 Å². The van der Waals surface area contributed by atoms with Crippen molar-refractivity contribution in [3.63, 3.8) is 0 Å². The molecule has 4 rings (SSSR count). The van der Waals surface area contributed by atoms with Gasteiger partial charge in [0.1, 0.15) is 6.54 Å². The molecule has 0 aliphatic carbocycles. The third-order valence-corrected chi connectivity index (χ3v) is 7.21. The van der Waals surface area contributed by atoms with E-state index >= 15 is 0 Å². The Bertz CT molecular complexity index is 1200. The molecule has 0 radical (unpaired) electrons. The Morgan fingerprint density at radius 1 is 0.966 bits per heavy atom. The fraction of sp³-hybridized carbons (Fsp3) is 0.333. The van der Waals surface area contributed by atoms with E-state index in [1.54, 1.807) is 47.4 Å². The number of rotatable bonds is 4. The van der Waals surface area contributed by atoms with Crippen LogP contribution in [0.4, 0.5) is 0 Å². The second-order valence-corrected chi connectivity index (χ2v) is 9.29. The Labute approximate surface area is 169 Å². The van der Waals surface area contributed by atoms with Gasteiger partial charge < -0.3 is 4.90 Å². The van der Waals surface area contributed by atoms with Crippen molar-refractivity contribution in [3.8, 4) is 0 Å². The lowest BCUT2D eigenvalue weighted by molar-refractivity contribution is -0.133. The molecule has 2 aromatic carbocycles. The lowest BCUT2D eigenvalue weighted by atomic mass is 9.99. The molecule has 1 aliphatic rings. The molecule has 2 heterocycles. The number of piperidine rings is 1. The van der Waals surface area contributed by atoms with Crippen LogP contribution in [0.15, 0.2) is 64.3 Å². The molecule has 1 saturated heterocycles. The zero-order chi connectivity index (χ0) is 20.6. The molecule has 0 unspecified atom stereocenters. The van der Waals surface area contributed by atoms with Crippen LogP contribution >= 0.6 is 0 Å². The van der Waals surface area contributed by atoms with Crippen LogP contribution in [0, 0.1) is 5.92 Å². The van der Waals surface area contributed by atoms with Crippen molar-refractivity contribution in [2.45, 2.75) is 31.2 Å². The van der Waals surface area contributed by atoms with E-state index < -0.39 is 15.7 Å². The first-order chi connectivity index (χ1) is 13.9.